The minimum absolute atomic E-state index is 0.0686. The Morgan fingerprint density at radius 3 is 2.71 bits per heavy atom. The molecule has 0 fully saturated rings. The lowest BCUT2D eigenvalue weighted by molar-refractivity contribution is 0.217. The number of benzene rings is 1. The average Bonchev–Trinajstić information content (AvgIpc) is 2.10. The van der Waals surface area contributed by atoms with Gasteiger partial charge in [-0.2, -0.15) is 0 Å². The average molecular weight is 262 g/mol. The van der Waals surface area contributed by atoms with Crippen LogP contribution >= 0.6 is 15.9 Å². The number of ether oxygens (including phenoxy) is 1. The molecule has 1 unspecified atom stereocenters. The summed E-state index contributed by atoms with van der Waals surface area (Å²) in [6.45, 7) is 3.95. The van der Waals surface area contributed by atoms with Crippen LogP contribution in [-0.4, -0.2) is 6.10 Å². The second-order valence-electron chi connectivity index (χ2n) is 3.14. The van der Waals surface area contributed by atoms with E-state index in [-0.39, 0.29) is 11.9 Å². The zero-order valence-corrected chi connectivity index (χ0v) is 9.77. The van der Waals surface area contributed by atoms with Crippen molar-refractivity contribution >= 4 is 21.6 Å². The number of halogens is 2. The predicted molar refractivity (Wildman–Crippen MR) is 58.9 cm³/mol. The van der Waals surface area contributed by atoms with Crippen LogP contribution in [0, 0.1) is 5.82 Å². The Labute approximate surface area is 91.4 Å². The molecule has 2 N–H and O–H groups in total. The van der Waals surface area contributed by atoms with Gasteiger partial charge in [0.05, 0.1) is 16.3 Å². The molecule has 0 aliphatic rings. The van der Waals surface area contributed by atoms with E-state index in [0.29, 0.717) is 15.9 Å². The van der Waals surface area contributed by atoms with Gasteiger partial charge in [0.1, 0.15) is 5.82 Å². The lowest BCUT2D eigenvalue weighted by atomic mass is 10.2. The van der Waals surface area contributed by atoms with Crippen LogP contribution < -0.4 is 10.5 Å². The van der Waals surface area contributed by atoms with Gasteiger partial charge in [-0.15, -0.1) is 0 Å². The van der Waals surface area contributed by atoms with Gasteiger partial charge in [-0.25, -0.2) is 4.39 Å². The van der Waals surface area contributed by atoms with Crippen molar-refractivity contribution < 1.29 is 9.13 Å². The number of rotatable bonds is 3. The molecule has 0 radical (unpaired) electrons. The van der Waals surface area contributed by atoms with Crippen LogP contribution in [0.25, 0.3) is 0 Å². The summed E-state index contributed by atoms with van der Waals surface area (Å²) in [5.74, 6) is 0.145. The van der Waals surface area contributed by atoms with Crippen LogP contribution in [0.5, 0.6) is 5.75 Å². The van der Waals surface area contributed by atoms with Crippen molar-refractivity contribution in [2.45, 2.75) is 26.4 Å². The van der Waals surface area contributed by atoms with Crippen LogP contribution in [0.15, 0.2) is 16.6 Å². The molecule has 0 aliphatic carbocycles. The summed E-state index contributed by atoms with van der Waals surface area (Å²) >= 11 is 3.21. The maximum Gasteiger partial charge on any atom is 0.156 e. The number of nitrogen functional groups attached to an aromatic ring is 1. The molecule has 4 heteroatoms. The Kier molecular flexibility index (Phi) is 3.75. The van der Waals surface area contributed by atoms with E-state index in [0.717, 1.165) is 6.42 Å². The number of anilines is 1. The van der Waals surface area contributed by atoms with Gasteiger partial charge in [-0.3, -0.25) is 0 Å². The third kappa shape index (κ3) is 2.61. The van der Waals surface area contributed by atoms with Crippen molar-refractivity contribution in [2.24, 2.45) is 0 Å². The summed E-state index contributed by atoms with van der Waals surface area (Å²) in [5, 5.41) is 0. The van der Waals surface area contributed by atoms with Crippen LogP contribution in [0.3, 0.4) is 0 Å². The quantitative estimate of drug-likeness (QED) is 0.848. The topological polar surface area (TPSA) is 35.2 Å². The van der Waals surface area contributed by atoms with Gasteiger partial charge < -0.3 is 10.5 Å². The van der Waals surface area contributed by atoms with Crippen LogP contribution in [0.2, 0.25) is 0 Å². The zero-order chi connectivity index (χ0) is 10.7. The molecular formula is C10H13BrFNO. The summed E-state index contributed by atoms with van der Waals surface area (Å²) < 4.78 is 19.0. The van der Waals surface area contributed by atoms with Gasteiger partial charge in [-0.1, -0.05) is 6.92 Å². The standard InChI is InChI=1S/C10H13BrFNO/c1-3-6(2)14-10-8(11)4-7(12)5-9(10)13/h4-6H,3,13H2,1-2H3. The second kappa shape index (κ2) is 4.64. The lowest BCUT2D eigenvalue weighted by Gasteiger charge is -2.15. The fraction of sp³-hybridized carbons (Fsp3) is 0.400. The molecule has 0 bridgehead atoms. The van der Waals surface area contributed by atoms with Gasteiger partial charge in [0.15, 0.2) is 5.75 Å². The van der Waals surface area contributed by atoms with E-state index >= 15 is 0 Å². The van der Waals surface area contributed by atoms with E-state index in [1.54, 1.807) is 0 Å². The second-order valence-corrected chi connectivity index (χ2v) is 4.00. The number of hydrogen-bond acceptors (Lipinski definition) is 2. The molecule has 1 atom stereocenters. The van der Waals surface area contributed by atoms with Crippen LogP contribution in [-0.2, 0) is 0 Å². The molecule has 0 saturated carbocycles. The van der Waals surface area contributed by atoms with E-state index in [2.05, 4.69) is 15.9 Å². The molecule has 0 amide bonds. The third-order valence-corrected chi connectivity index (χ3v) is 2.52. The molecule has 1 rings (SSSR count). The molecule has 2 nitrogen and oxygen atoms in total. The highest BCUT2D eigenvalue weighted by Crippen LogP contribution is 2.33. The highest BCUT2D eigenvalue weighted by molar-refractivity contribution is 9.10. The Morgan fingerprint density at radius 1 is 1.57 bits per heavy atom. The lowest BCUT2D eigenvalue weighted by Crippen LogP contribution is -2.11. The predicted octanol–water partition coefficient (Wildman–Crippen LogP) is 3.35. The van der Waals surface area contributed by atoms with Crippen molar-refractivity contribution in [3.05, 3.63) is 22.4 Å². The third-order valence-electron chi connectivity index (χ3n) is 1.93. The molecule has 0 saturated heterocycles. The minimum Gasteiger partial charge on any atom is -0.487 e. The van der Waals surface area contributed by atoms with Crippen molar-refractivity contribution in [3.63, 3.8) is 0 Å². The maximum absolute atomic E-state index is 12.9. The van der Waals surface area contributed by atoms with E-state index in [1.807, 2.05) is 13.8 Å². The molecule has 1 aromatic rings. The normalized spacial score (nSPS) is 12.6. The molecule has 0 aromatic heterocycles. The first-order valence-corrected chi connectivity index (χ1v) is 5.25. The number of nitrogens with two attached hydrogens (primary N) is 1. The molecule has 14 heavy (non-hydrogen) atoms. The highest BCUT2D eigenvalue weighted by atomic mass is 79.9. The molecule has 78 valence electrons. The number of hydrogen-bond donors (Lipinski definition) is 1. The van der Waals surface area contributed by atoms with Crippen molar-refractivity contribution in [3.8, 4) is 5.75 Å². The van der Waals surface area contributed by atoms with Crippen molar-refractivity contribution in [1.29, 1.82) is 0 Å². The summed E-state index contributed by atoms with van der Waals surface area (Å²) in [6.07, 6.45) is 0.947. The van der Waals surface area contributed by atoms with Gasteiger partial charge in [-0.05, 0) is 35.3 Å². The Hall–Kier alpha value is -0.770. The van der Waals surface area contributed by atoms with E-state index in [9.17, 15) is 4.39 Å². The Balaban J connectivity index is 2.96. The Bertz CT molecular complexity index is 307. The first kappa shape index (κ1) is 11.3. The van der Waals surface area contributed by atoms with Gasteiger partial charge in [0.2, 0.25) is 0 Å². The van der Waals surface area contributed by atoms with E-state index < -0.39 is 0 Å². The summed E-state index contributed by atoms with van der Waals surface area (Å²) in [4.78, 5) is 0. The molecule has 0 aliphatic heterocycles. The molecular weight excluding hydrogens is 249 g/mol. The summed E-state index contributed by atoms with van der Waals surface area (Å²) in [6, 6.07) is 2.59. The molecule has 1 aromatic carbocycles. The highest BCUT2D eigenvalue weighted by Gasteiger charge is 2.10. The van der Waals surface area contributed by atoms with E-state index in [1.165, 1.54) is 12.1 Å². The van der Waals surface area contributed by atoms with E-state index in [4.69, 9.17) is 10.5 Å². The van der Waals surface area contributed by atoms with Gasteiger partial charge >= 0.3 is 0 Å². The first-order valence-electron chi connectivity index (χ1n) is 4.45. The van der Waals surface area contributed by atoms with Crippen molar-refractivity contribution in [2.75, 3.05) is 5.73 Å². The Morgan fingerprint density at radius 2 is 2.21 bits per heavy atom. The van der Waals surface area contributed by atoms with Crippen LogP contribution in [0.4, 0.5) is 10.1 Å². The monoisotopic (exact) mass is 261 g/mol. The van der Waals surface area contributed by atoms with Gasteiger partial charge in [0.25, 0.3) is 0 Å². The largest absolute Gasteiger partial charge is 0.487 e. The smallest absolute Gasteiger partial charge is 0.156 e. The van der Waals surface area contributed by atoms with Crippen molar-refractivity contribution in [1.82, 2.24) is 0 Å². The minimum atomic E-state index is -0.370. The fourth-order valence-electron chi connectivity index (χ4n) is 0.989. The fourth-order valence-corrected chi connectivity index (χ4v) is 1.53. The zero-order valence-electron chi connectivity index (χ0n) is 8.18. The van der Waals surface area contributed by atoms with Gasteiger partial charge in [0, 0.05) is 6.07 Å². The molecule has 0 spiro atoms. The SMILES string of the molecule is CCC(C)Oc1c(N)cc(F)cc1Br. The summed E-state index contributed by atoms with van der Waals surface area (Å²) in [5.41, 5.74) is 5.95. The first-order chi connectivity index (χ1) is 6.54. The van der Waals surface area contributed by atoms with Crippen LogP contribution in [0.1, 0.15) is 20.3 Å². The maximum atomic E-state index is 12.9. The summed E-state index contributed by atoms with van der Waals surface area (Å²) in [7, 11) is 0. The molecule has 0 heterocycles.